The summed E-state index contributed by atoms with van der Waals surface area (Å²) in [6, 6.07) is 3.84. The van der Waals surface area contributed by atoms with Gasteiger partial charge in [-0.1, -0.05) is 0 Å². The van der Waals surface area contributed by atoms with Crippen molar-refractivity contribution in [2.75, 3.05) is 13.1 Å². The largest absolute Gasteiger partial charge is 0.462 e. The van der Waals surface area contributed by atoms with Gasteiger partial charge >= 0.3 is 0 Å². The van der Waals surface area contributed by atoms with Gasteiger partial charge in [-0.15, -0.1) is 0 Å². The average Bonchev–Trinajstić information content (AvgIpc) is 2.84. The number of hydrogen-bond donors (Lipinski definition) is 1. The molecule has 1 aromatic rings. The van der Waals surface area contributed by atoms with E-state index >= 15 is 0 Å². The van der Waals surface area contributed by atoms with Gasteiger partial charge in [-0.2, -0.15) is 0 Å². The quantitative estimate of drug-likeness (QED) is 0.761. The summed E-state index contributed by atoms with van der Waals surface area (Å²) < 4.78 is 5.34. The molecule has 2 N–H and O–H groups in total. The average molecular weight is 220 g/mol. The minimum Gasteiger partial charge on any atom is -0.462 e. The zero-order chi connectivity index (χ0) is 11.5. The zero-order valence-corrected chi connectivity index (χ0v) is 9.35. The first-order chi connectivity index (χ1) is 7.65. The molecule has 1 atom stereocenters. The van der Waals surface area contributed by atoms with Crippen molar-refractivity contribution in [3.8, 4) is 0 Å². The van der Waals surface area contributed by atoms with Crippen molar-refractivity contribution in [2.45, 2.75) is 19.4 Å². The Bertz CT molecular complexity index is 409. The molecule has 1 aliphatic rings. The Balaban J connectivity index is 1.94. The number of carbonyl (C=O) groups is 1. The van der Waals surface area contributed by atoms with Crippen LogP contribution in [-0.4, -0.2) is 29.9 Å². The first kappa shape index (κ1) is 11.0. The Hall–Kier alpha value is -1.55. The summed E-state index contributed by atoms with van der Waals surface area (Å²) in [6.07, 6.45) is 4.12. The Labute approximate surface area is 94.7 Å². The Kier molecular flexibility index (Phi) is 3.10. The van der Waals surface area contributed by atoms with Crippen LogP contribution in [0.5, 0.6) is 0 Å². The molecule has 0 aliphatic carbocycles. The van der Waals surface area contributed by atoms with E-state index in [4.69, 9.17) is 10.2 Å². The fraction of sp³-hybridized carbons (Fsp3) is 0.417. The van der Waals surface area contributed by atoms with E-state index in [0.29, 0.717) is 12.3 Å². The number of carbonyl (C=O) groups excluding carboxylic acids is 1. The van der Waals surface area contributed by atoms with Gasteiger partial charge in [-0.3, -0.25) is 4.79 Å². The van der Waals surface area contributed by atoms with Gasteiger partial charge in [0.05, 0.1) is 0 Å². The summed E-state index contributed by atoms with van der Waals surface area (Å²) >= 11 is 0. The van der Waals surface area contributed by atoms with Crippen molar-refractivity contribution in [1.29, 1.82) is 0 Å². The number of nitrogens with two attached hydrogens (primary N) is 1. The van der Waals surface area contributed by atoms with Crippen molar-refractivity contribution in [1.82, 2.24) is 4.90 Å². The molecule has 2 rings (SSSR count). The number of aryl methyl sites for hydroxylation is 1. The molecule has 1 saturated heterocycles. The van der Waals surface area contributed by atoms with Gasteiger partial charge in [0.25, 0.3) is 0 Å². The van der Waals surface area contributed by atoms with Crippen LogP contribution in [0.25, 0.3) is 6.08 Å². The van der Waals surface area contributed by atoms with Crippen molar-refractivity contribution in [3.63, 3.8) is 0 Å². The van der Waals surface area contributed by atoms with Crippen LogP contribution < -0.4 is 5.73 Å². The SMILES string of the molecule is Cc1ccc(/C=C/C(=O)N2CCC(N)C2)o1. The topological polar surface area (TPSA) is 59.5 Å². The maximum absolute atomic E-state index is 11.7. The predicted octanol–water partition coefficient (Wildman–Crippen LogP) is 1.16. The number of likely N-dealkylation sites (tertiary alicyclic amines) is 1. The molecule has 1 fully saturated rings. The highest BCUT2D eigenvalue weighted by molar-refractivity contribution is 5.91. The lowest BCUT2D eigenvalue weighted by atomic mass is 10.3. The third-order valence-electron chi connectivity index (χ3n) is 2.69. The van der Waals surface area contributed by atoms with Gasteiger partial charge < -0.3 is 15.1 Å². The van der Waals surface area contributed by atoms with Crippen molar-refractivity contribution in [3.05, 3.63) is 29.7 Å². The van der Waals surface area contributed by atoms with E-state index < -0.39 is 0 Å². The van der Waals surface area contributed by atoms with Gasteiger partial charge in [0.2, 0.25) is 5.91 Å². The third kappa shape index (κ3) is 2.52. The predicted molar refractivity (Wildman–Crippen MR) is 61.7 cm³/mol. The molecule has 0 spiro atoms. The summed E-state index contributed by atoms with van der Waals surface area (Å²) in [4.78, 5) is 13.5. The van der Waals surface area contributed by atoms with E-state index in [1.807, 2.05) is 19.1 Å². The third-order valence-corrected chi connectivity index (χ3v) is 2.69. The number of amides is 1. The van der Waals surface area contributed by atoms with Crippen molar-refractivity contribution < 1.29 is 9.21 Å². The van der Waals surface area contributed by atoms with E-state index in [1.54, 1.807) is 11.0 Å². The molecule has 0 radical (unpaired) electrons. The van der Waals surface area contributed by atoms with Gasteiger partial charge in [0.15, 0.2) is 0 Å². The maximum Gasteiger partial charge on any atom is 0.246 e. The van der Waals surface area contributed by atoms with E-state index in [1.165, 1.54) is 6.08 Å². The molecule has 0 bridgehead atoms. The minimum atomic E-state index is 0.00185. The molecule has 4 heteroatoms. The fourth-order valence-corrected chi connectivity index (χ4v) is 1.79. The molecule has 86 valence electrons. The summed E-state index contributed by atoms with van der Waals surface area (Å²) in [5, 5.41) is 0. The lowest BCUT2D eigenvalue weighted by Gasteiger charge is -2.12. The summed E-state index contributed by atoms with van der Waals surface area (Å²) in [5.41, 5.74) is 5.74. The smallest absolute Gasteiger partial charge is 0.246 e. The number of hydrogen-bond acceptors (Lipinski definition) is 3. The van der Waals surface area contributed by atoms with Gasteiger partial charge in [0, 0.05) is 25.2 Å². The molecule has 0 aromatic carbocycles. The minimum absolute atomic E-state index is 0.00185. The van der Waals surface area contributed by atoms with Crippen LogP contribution in [0.15, 0.2) is 22.6 Å². The van der Waals surface area contributed by atoms with E-state index in [0.717, 1.165) is 18.7 Å². The van der Waals surface area contributed by atoms with E-state index in [2.05, 4.69) is 0 Å². The van der Waals surface area contributed by atoms with Crippen LogP contribution in [-0.2, 0) is 4.79 Å². The van der Waals surface area contributed by atoms with Crippen LogP contribution in [0.1, 0.15) is 17.9 Å². The zero-order valence-electron chi connectivity index (χ0n) is 9.35. The van der Waals surface area contributed by atoms with Crippen LogP contribution in [0.2, 0.25) is 0 Å². The number of furan rings is 1. The van der Waals surface area contributed by atoms with Crippen molar-refractivity contribution in [2.24, 2.45) is 5.73 Å². The molecular formula is C12H16N2O2. The highest BCUT2D eigenvalue weighted by Gasteiger charge is 2.21. The molecule has 1 unspecified atom stereocenters. The molecule has 0 saturated carbocycles. The Morgan fingerprint density at radius 3 is 3.00 bits per heavy atom. The van der Waals surface area contributed by atoms with Crippen LogP contribution in [0.4, 0.5) is 0 Å². The second kappa shape index (κ2) is 4.53. The van der Waals surface area contributed by atoms with Crippen LogP contribution in [0, 0.1) is 6.92 Å². The molecular weight excluding hydrogens is 204 g/mol. The molecule has 1 aliphatic heterocycles. The van der Waals surface area contributed by atoms with Gasteiger partial charge in [-0.05, 0) is 31.6 Å². The Morgan fingerprint density at radius 2 is 2.44 bits per heavy atom. The first-order valence-corrected chi connectivity index (χ1v) is 5.44. The van der Waals surface area contributed by atoms with Gasteiger partial charge in [0.1, 0.15) is 11.5 Å². The summed E-state index contributed by atoms with van der Waals surface area (Å²) in [5.74, 6) is 1.55. The maximum atomic E-state index is 11.7. The normalized spacial score (nSPS) is 20.9. The molecule has 4 nitrogen and oxygen atoms in total. The van der Waals surface area contributed by atoms with Gasteiger partial charge in [-0.25, -0.2) is 0 Å². The summed E-state index contributed by atoms with van der Waals surface area (Å²) in [6.45, 7) is 3.28. The highest BCUT2D eigenvalue weighted by atomic mass is 16.3. The summed E-state index contributed by atoms with van der Waals surface area (Å²) in [7, 11) is 0. The van der Waals surface area contributed by atoms with E-state index in [9.17, 15) is 4.79 Å². The fourth-order valence-electron chi connectivity index (χ4n) is 1.79. The second-order valence-electron chi connectivity index (χ2n) is 4.11. The molecule has 2 heterocycles. The lowest BCUT2D eigenvalue weighted by Crippen LogP contribution is -2.30. The Morgan fingerprint density at radius 1 is 1.62 bits per heavy atom. The lowest BCUT2D eigenvalue weighted by molar-refractivity contribution is -0.124. The van der Waals surface area contributed by atoms with Crippen LogP contribution >= 0.6 is 0 Å². The van der Waals surface area contributed by atoms with E-state index in [-0.39, 0.29) is 11.9 Å². The number of nitrogens with zero attached hydrogens (tertiary/aromatic N) is 1. The highest BCUT2D eigenvalue weighted by Crippen LogP contribution is 2.10. The molecule has 16 heavy (non-hydrogen) atoms. The molecule has 1 amide bonds. The van der Waals surface area contributed by atoms with Crippen LogP contribution in [0.3, 0.4) is 0 Å². The number of rotatable bonds is 2. The monoisotopic (exact) mass is 220 g/mol. The van der Waals surface area contributed by atoms with Crippen molar-refractivity contribution >= 4 is 12.0 Å². The standard InChI is InChI=1S/C12H16N2O2/c1-9-2-3-11(16-9)4-5-12(15)14-7-6-10(13)8-14/h2-5,10H,6-8,13H2,1H3/b5-4+. The second-order valence-corrected chi connectivity index (χ2v) is 4.11. The first-order valence-electron chi connectivity index (χ1n) is 5.44. The molecule has 1 aromatic heterocycles.